The molecule has 412 valence electrons. The Kier molecular flexibility index (Phi) is 20.7. The summed E-state index contributed by atoms with van der Waals surface area (Å²) in [6.45, 7) is 35.1. The molecule has 2 bridgehead atoms. The molecular weight excluding hydrogens is 967 g/mol. The highest BCUT2D eigenvalue weighted by molar-refractivity contribution is 7.79. The Morgan fingerprint density at radius 2 is 1.40 bits per heavy atom. The Balaban J connectivity index is 1.63. The van der Waals surface area contributed by atoms with Gasteiger partial charge in [0.2, 0.25) is 6.10 Å². The van der Waals surface area contributed by atoms with E-state index >= 15 is 9.59 Å². The van der Waals surface area contributed by atoms with Gasteiger partial charge in [-0.25, -0.2) is 4.79 Å². The summed E-state index contributed by atoms with van der Waals surface area (Å²) in [5, 5.41) is -0.280. The van der Waals surface area contributed by atoms with Crippen molar-refractivity contribution < 1.29 is 56.4 Å². The largest absolute Gasteiger partial charge is 0.456 e. The van der Waals surface area contributed by atoms with Crippen molar-refractivity contribution in [2.75, 3.05) is 27.9 Å². The molecule has 1 aliphatic carbocycles. The summed E-state index contributed by atoms with van der Waals surface area (Å²) in [5.74, 6) is -3.37. The lowest BCUT2D eigenvalue weighted by molar-refractivity contribution is -0.315. The van der Waals surface area contributed by atoms with Gasteiger partial charge in [-0.3, -0.25) is 9.59 Å². The Morgan fingerprint density at radius 1 is 0.806 bits per heavy atom. The van der Waals surface area contributed by atoms with Crippen LogP contribution in [-0.2, 0) is 56.4 Å². The third-order valence-electron chi connectivity index (χ3n) is 17.9. The Bertz CT molecular complexity index is 1950. The van der Waals surface area contributed by atoms with Crippen LogP contribution in [0.1, 0.15) is 154 Å². The van der Waals surface area contributed by atoms with Crippen molar-refractivity contribution in [3.8, 4) is 0 Å². The number of Topliss-reactive ketones (excluding diaryl/α,β-unsaturated/α-hetero) is 1. The van der Waals surface area contributed by atoms with E-state index in [4.69, 9.17) is 54.2 Å². The summed E-state index contributed by atoms with van der Waals surface area (Å²) in [6.07, 6.45) is 7.07. The van der Waals surface area contributed by atoms with E-state index in [1.807, 2.05) is 13.8 Å². The highest BCUT2D eigenvalue weighted by Gasteiger charge is 2.65. The van der Waals surface area contributed by atoms with Gasteiger partial charge in [0.1, 0.15) is 24.0 Å². The van der Waals surface area contributed by atoms with Gasteiger partial charge in [-0.15, -0.1) is 0 Å². The van der Waals surface area contributed by atoms with Crippen LogP contribution in [-0.4, -0.2) is 133 Å². The Labute approximate surface area is 442 Å². The number of cyclic esters (lactones) is 1. The highest BCUT2D eigenvalue weighted by Crippen LogP contribution is 2.47. The molecule has 0 N–H and O–H groups in total. The number of amides is 1. The highest BCUT2D eigenvalue weighted by atomic mass is 32.1. The SMILES string of the molecule is CC[C@@H]1/C=C(\C)C[C@H](C)C[C@H](OC)[C@H]2O[C@]3(OC(=S)O[C@@H]3C(=O)N3CCCC[C@H]3C(=O)O[C@H](/C(C)=C/[C@@H]3CC[C@@H](O[Si](C)(C)C(C)(C)C)[C@H](OC)C3)[C@H](C)[C@@H](O[Si](C)(C)C(C)(C)C)CC1=O)[C@H](C)C[C@@H]2OC. The predicted molar refractivity (Wildman–Crippen MR) is 292 cm³/mol. The first-order valence-electron chi connectivity index (χ1n) is 27.3. The average Bonchev–Trinajstić information content (AvgIpc) is 3.63. The van der Waals surface area contributed by atoms with E-state index in [2.05, 4.69) is 108 Å². The number of carbonyl (C=O) groups excluding carboxylic acids is 3. The molecule has 5 aliphatic rings. The zero-order valence-corrected chi connectivity index (χ0v) is 50.8. The van der Waals surface area contributed by atoms with Crippen molar-refractivity contribution in [3.05, 3.63) is 23.3 Å². The molecule has 1 amide bonds. The fourth-order valence-corrected chi connectivity index (χ4v) is 14.4. The summed E-state index contributed by atoms with van der Waals surface area (Å²) in [4.78, 5) is 47.0. The molecule has 72 heavy (non-hydrogen) atoms. The van der Waals surface area contributed by atoms with Gasteiger partial charge in [-0.2, -0.15) is 0 Å². The van der Waals surface area contributed by atoms with Crippen molar-refractivity contribution in [3.63, 3.8) is 0 Å². The third-order valence-corrected chi connectivity index (χ3v) is 27.1. The molecule has 4 fully saturated rings. The number of fused-ring (bicyclic) bond motifs is 2. The monoisotopic (exact) mass is 1060 g/mol. The number of thiocarbonyl (C=S) groups is 1. The number of methoxy groups -OCH3 is 3. The Morgan fingerprint density at radius 3 is 1.99 bits per heavy atom. The molecule has 1 spiro atoms. The van der Waals surface area contributed by atoms with Gasteiger partial charge in [0.15, 0.2) is 16.6 Å². The molecule has 1 saturated carbocycles. The van der Waals surface area contributed by atoms with E-state index in [1.54, 1.807) is 26.2 Å². The molecule has 16 heteroatoms. The first-order chi connectivity index (χ1) is 33.4. The van der Waals surface area contributed by atoms with E-state index in [1.165, 1.54) is 0 Å². The van der Waals surface area contributed by atoms with Crippen LogP contribution in [0.5, 0.6) is 0 Å². The van der Waals surface area contributed by atoms with E-state index in [9.17, 15) is 4.79 Å². The average molecular weight is 1060 g/mol. The summed E-state index contributed by atoms with van der Waals surface area (Å²) in [5.41, 5.74) is 1.99. The number of piperidine rings is 1. The molecule has 0 radical (unpaired) electrons. The van der Waals surface area contributed by atoms with Crippen molar-refractivity contribution in [2.45, 2.75) is 251 Å². The molecule has 3 saturated heterocycles. The quantitative estimate of drug-likeness (QED) is 0.0889. The van der Waals surface area contributed by atoms with E-state index in [0.29, 0.717) is 38.6 Å². The molecular formula is C56H97NO12SSi2. The second-order valence-corrected chi connectivity index (χ2v) is 35.3. The minimum atomic E-state index is -2.51. The molecule has 13 nitrogen and oxygen atoms in total. The third kappa shape index (κ3) is 13.9. The number of ether oxygens (including phenoxy) is 7. The second-order valence-electron chi connectivity index (χ2n) is 25.4. The van der Waals surface area contributed by atoms with Gasteiger partial charge >= 0.3 is 11.2 Å². The van der Waals surface area contributed by atoms with Gasteiger partial charge in [0.05, 0.1) is 30.5 Å². The summed E-state index contributed by atoms with van der Waals surface area (Å²) in [7, 11) is 0.509. The number of ketones is 1. The lowest BCUT2D eigenvalue weighted by Crippen LogP contribution is -2.65. The van der Waals surface area contributed by atoms with Gasteiger partial charge in [0, 0.05) is 64.3 Å². The van der Waals surface area contributed by atoms with Gasteiger partial charge in [-0.1, -0.05) is 87.0 Å². The molecule has 0 aromatic heterocycles. The number of allylic oxidation sites excluding steroid dienone is 3. The fraction of sp³-hybridized carbons (Fsp3) is 0.857. The van der Waals surface area contributed by atoms with E-state index in [0.717, 1.165) is 43.3 Å². The minimum Gasteiger partial charge on any atom is -0.456 e. The molecule has 15 atom stereocenters. The maximum atomic E-state index is 15.3. The molecule has 4 heterocycles. The molecule has 4 aliphatic heterocycles. The van der Waals surface area contributed by atoms with Crippen LogP contribution >= 0.6 is 12.2 Å². The smallest absolute Gasteiger partial charge is 0.356 e. The number of nitrogens with zero attached hydrogens (tertiary/aromatic N) is 1. The first-order valence-corrected chi connectivity index (χ1v) is 33.6. The van der Waals surface area contributed by atoms with Crippen LogP contribution in [0, 0.1) is 29.6 Å². The molecule has 5 rings (SSSR count). The molecule has 0 aromatic rings. The number of rotatable bonds is 10. The number of hydrogen-bond donors (Lipinski definition) is 0. The summed E-state index contributed by atoms with van der Waals surface area (Å²) < 4.78 is 59.3. The summed E-state index contributed by atoms with van der Waals surface area (Å²) in [6, 6.07) is -0.925. The van der Waals surface area contributed by atoms with E-state index in [-0.39, 0.29) is 63.6 Å². The normalized spacial score (nSPS) is 37.6. The number of hydrogen-bond acceptors (Lipinski definition) is 13. The van der Waals surface area contributed by atoms with Gasteiger partial charge in [0.25, 0.3) is 11.7 Å². The van der Waals surface area contributed by atoms with Crippen LogP contribution in [0.25, 0.3) is 0 Å². The van der Waals surface area contributed by atoms with Crippen LogP contribution in [0.3, 0.4) is 0 Å². The van der Waals surface area contributed by atoms with Crippen molar-refractivity contribution in [1.82, 2.24) is 4.90 Å². The summed E-state index contributed by atoms with van der Waals surface area (Å²) >= 11 is 5.59. The van der Waals surface area contributed by atoms with Crippen LogP contribution in [0.15, 0.2) is 23.3 Å². The molecule has 0 unspecified atom stereocenters. The van der Waals surface area contributed by atoms with Gasteiger partial charge in [-0.05, 0) is 132 Å². The van der Waals surface area contributed by atoms with Crippen LogP contribution in [0.4, 0.5) is 0 Å². The van der Waals surface area contributed by atoms with Crippen molar-refractivity contribution >= 4 is 51.7 Å². The first kappa shape index (κ1) is 60.8. The zero-order chi connectivity index (χ0) is 53.9. The minimum absolute atomic E-state index is 0.0131. The van der Waals surface area contributed by atoms with Crippen LogP contribution < -0.4 is 0 Å². The predicted octanol–water partition coefficient (Wildman–Crippen LogP) is 11.7. The van der Waals surface area contributed by atoms with Crippen LogP contribution in [0.2, 0.25) is 36.3 Å². The Hall–Kier alpha value is -2.03. The standard InChI is InChI=1S/C56H97NO12SSi2/c1-20-40-28-34(2)27-35(3)29-46(62-14)49-47(63-15)31-37(5)56(66-49)50(65-53(70)67-56)51(59)57-26-22-21-23-41(57)52(60)64-48(38(6)44(33-42(40)58)69-72(18,19)55(10,11)12)36(4)30-39-24-25-43(45(32-39)61-13)68-71(16,17)54(7,8)9/h28,30,35,37-41,43-50H,20-27,29,31-33H2,1-19H3/b34-28+,36-30+/t35-,37+,38+,39-,40+,41-,43+,44-,45+,46-,47-,48+,49+,50+,56-/m0/s1. The van der Waals surface area contributed by atoms with Crippen molar-refractivity contribution in [1.29, 1.82) is 0 Å². The maximum Gasteiger partial charge on any atom is 0.356 e. The number of esters is 1. The lowest BCUT2D eigenvalue weighted by atomic mass is 9.81. The molecule has 0 aromatic carbocycles. The lowest BCUT2D eigenvalue weighted by Gasteiger charge is -2.48. The fourth-order valence-electron chi connectivity index (χ4n) is 11.4. The number of carbonyl (C=O) groups is 3. The van der Waals surface area contributed by atoms with E-state index < -0.39 is 82.7 Å². The second kappa shape index (κ2) is 24.5. The maximum absolute atomic E-state index is 15.3. The van der Waals surface area contributed by atoms with Gasteiger partial charge < -0.3 is 46.9 Å². The van der Waals surface area contributed by atoms with Crippen molar-refractivity contribution in [2.24, 2.45) is 29.6 Å². The zero-order valence-electron chi connectivity index (χ0n) is 48.0. The topological polar surface area (TPSA) is 138 Å².